The van der Waals surface area contributed by atoms with Gasteiger partial charge in [-0.25, -0.2) is 4.79 Å². The van der Waals surface area contributed by atoms with Crippen LogP contribution in [0.5, 0.6) is 0 Å². The van der Waals surface area contributed by atoms with Crippen molar-refractivity contribution in [3.63, 3.8) is 0 Å². The highest BCUT2D eigenvalue weighted by atomic mass is 16.6. The highest BCUT2D eigenvalue weighted by Crippen LogP contribution is 2.20. The van der Waals surface area contributed by atoms with Crippen LogP contribution in [0.4, 0.5) is 4.79 Å². The molecule has 0 bridgehead atoms. The van der Waals surface area contributed by atoms with E-state index < -0.39 is 12.1 Å². The van der Waals surface area contributed by atoms with E-state index in [0.29, 0.717) is 0 Å². The van der Waals surface area contributed by atoms with Crippen molar-refractivity contribution in [3.8, 4) is 6.07 Å². The Kier molecular flexibility index (Phi) is 5.76. The molecule has 0 saturated heterocycles. The summed E-state index contributed by atoms with van der Waals surface area (Å²) in [5.41, 5.74) is 2.89. The van der Waals surface area contributed by atoms with Crippen LogP contribution in [-0.4, -0.2) is 18.0 Å². The summed E-state index contributed by atoms with van der Waals surface area (Å²) in [5, 5.41) is 9.41. The van der Waals surface area contributed by atoms with E-state index in [9.17, 15) is 10.1 Å². The maximum atomic E-state index is 12.2. The predicted octanol–water partition coefficient (Wildman–Crippen LogP) is 4.08. The number of nitriles is 1. The van der Waals surface area contributed by atoms with Crippen molar-refractivity contribution in [1.29, 1.82) is 5.26 Å². The Bertz CT molecular complexity index is 675. The molecule has 1 amide bonds. The zero-order valence-corrected chi connectivity index (χ0v) is 13.4. The molecule has 0 aromatic heterocycles. The van der Waals surface area contributed by atoms with Crippen molar-refractivity contribution in [2.45, 2.75) is 26.0 Å². The van der Waals surface area contributed by atoms with Gasteiger partial charge in [-0.15, -0.1) is 0 Å². The molecule has 4 nitrogen and oxygen atoms in total. The molecule has 2 rings (SSSR count). The number of rotatable bonds is 5. The maximum Gasteiger partial charge on any atom is 0.411 e. The largest absolute Gasteiger partial charge is 0.445 e. The molecule has 0 aliphatic rings. The van der Waals surface area contributed by atoms with E-state index in [0.717, 1.165) is 17.5 Å². The number of amides is 1. The van der Waals surface area contributed by atoms with E-state index in [2.05, 4.69) is 13.0 Å². The van der Waals surface area contributed by atoms with Crippen LogP contribution in [0.15, 0.2) is 54.6 Å². The fraction of sp³-hybridized carbons (Fsp3) is 0.263. The monoisotopic (exact) mass is 308 g/mol. The van der Waals surface area contributed by atoms with E-state index in [1.165, 1.54) is 10.5 Å². The topological polar surface area (TPSA) is 53.3 Å². The van der Waals surface area contributed by atoms with Crippen LogP contribution in [0.25, 0.3) is 0 Å². The molecular formula is C19H20N2O2. The second-order valence-electron chi connectivity index (χ2n) is 5.28. The van der Waals surface area contributed by atoms with E-state index in [4.69, 9.17) is 4.74 Å². The van der Waals surface area contributed by atoms with E-state index in [1.807, 2.05) is 54.6 Å². The Morgan fingerprint density at radius 1 is 1.13 bits per heavy atom. The van der Waals surface area contributed by atoms with Crippen LogP contribution < -0.4 is 0 Å². The van der Waals surface area contributed by atoms with Gasteiger partial charge in [-0.2, -0.15) is 5.26 Å². The van der Waals surface area contributed by atoms with Crippen LogP contribution in [-0.2, 0) is 17.8 Å². The van der Waals surface area contributed by atoms with E-state index in [1.54, 1.807) is 7.05 Å². The minimum absolute atomic E-state index is 0.191. The minimum Gasteiger partial charge on any atom is -0.445 e. The number of carbonyl (C=O) groups excluding carboxylic acids is 1. The zero-order chi connectivity index (χ0) is 16.7. The lowest BCUT2D eigenvalue weighted by Crippen LogP contribution is -2.31. The van der Waals surface area contributed by atoms with Gasteiger partial charge in [-0.3, -0.25) is 4.90 Å². The van der Waals surface area contributed by atoms with Gasteiger partial charge in [0.25, 0.3) is 0 Å². The fourth-order valence-electron chi connectivity index (χ4n) is 2.25. The molecule has 0 fully saturated rings. The zero-order valence-electron chi connectivity index (χ0n) is 13.4. The molecule has 0 spiro atoms. The number of hydrogen-bond donors (Lipinski definition) is 0. The molecule has 1 unspecified atom stereocenters. The Morgan fingerprint density at radius 3 is 2.35 bits per heavy atom. The van der Waals surface area contributed by atoms with Crippen molar-refractivity contribution in [1.82, 2.24) is 4.90 Å². The third-order valence-corrected chi connectivity index (χ3v) is 3.71. The van der Waals surface area contributed by atoms with Gasteiger partial charge in [0.1, 0.15) is 12.6 Å². The highest BCUT2D eigenvalue weighted by molar-refractivity contribution is 5.68. The van der Waals surface area contributed by atoms with Crippen LogP contribution in [0.1, 0.15) is 29.7 Å². The molecule has 118 valence electrons. The van der Waals surface area contributed by atoms with Crippen molar-refractivity contribution >= 4 is 6.09 Å². The number of hydrogen-bond acceptors (Lipinski definition) is 3. The van der Waals surface area contributed by atoms with Gasteiger partial charge in [0.15, 0.2) is 0 Å². The molecule has 0 aliphatic heterocycles. The first-order valence-corrected chi connectivity index (χ1v) is 7.57. The molecule has 2 aromatic carbocycles. The Labute approximate surface area is 136 Å². The third-order valence-electron chi connectivity index (χ3n) is 3.71. The molecule has 0 aliphatic carbocycles. The molecule has 0 saturated carbocycles. The van der Waals surface area contributed by atoms with Crippen LogP contribution in [0, 0.1) is 11.3 Å². The highest BCUT2D eigenvalue weighted by Gasteiger charge is 2.22. The number of aryl methyl sites for hydroxylation is 1. The number of carbonyl (C=O) groups is 1. The first-order valence-electron chi connectivity index (χ1n) is 7.57. The summed E-state index contributed by atoms with van der Waals surface area (Å²) in [5.74, 6) is 0. The Hall–Kier alpha value is -2.80. The van der Waals surface area contributed by atoms with Gasteiger partial charge in [-0.05, 0) is 23.1 Å². The normalized spacial score (nSPS) is 11.3. The van der Waals surface area contributed by atoms with Crippen LogP contribution in [0.2, 0.25) is 0 Å². The molecule has 0 radical (unpaired) electrons. The average molecular weight is 308 g/mol. The van der Waals surface area contributed by atoms with Gasteiger partial charge < -0.3 is 4.74 Å². The van der Waals surface area contributed by atoms with Crippen LogP contribution >= 0.6 is 0 Å². The Morgan fingerprint density at radius 2 is 1.78 bits per heavy atom. The lowest BCUT2D eigenvalue weighted by molar-refractivity contribution is 0.0979. The molecule has 23 heavy (non-hydrogen) atoms. The van der Waals surface area contributed by atoms with E-state index >= 15 is 0 Å². The second-order valence-corrected chi connectivity index (χ2v) is 5.28. The molecule has 2 aromatic rings. The van der Waals surface area contributed by atoms with Gasteiger partial charge in [-0.1, -0.05) is 61.5 Å². The molecule has 0 N–H and O–H groups in total. The van der Waals surface area contributed by atoms with Gasteiger partial charge in [0.2, 0.25) is 0 Å². The minimum atomic E-state index is -0.663. The molecular weight excluding hydrogens is 288 g/mol. The van der Waals surface area contributed by atoms with Crippen molar-refractivity contribution < 1.29 is 9.53 Å². The van der Waals surface area contributed by atoms with Gasteiger partial charge >= 0.3 is 6.09 Å². The summed E-state index contributed by atoms with van der Waals surface area (Å²) in [6.07, 6.45) is 0.423. The summed E-state index contributed by atoms with van der Waals surface area (Å²) < 4.78 is 5.27. The Balaban J connectivity index is 2.02. The SMILES string of the molecule is CCc1ccc(C(C#N)N(C)C(=O)OCc2ccccc2)cc1. The molecule has 0 heterocycles. The predicted molar refractivity (Wildman–Crippen MR) is 88.6 cm³/mol. The van der Waals surface area contributed by atoms with Crippen molar-refractivity contribution in [2.75, 3.05) is 7.05 Å². The maximum absolute atomic E-state index is 12.2. The lowest BCUT2D eigenvalue weighted by atomic mass is 10.0. The quantitative estimate of drug-likeness (QED) is 0.836. The summed E-state index contributed by atoms with van der Waals surface area (Å²) in [7, 11) is 1.58. The summed E-state index contributed by atoms with van der Waals surface area (Å²) in [6, 6.07) is 18.7. The van der Waals surface area contributed by atoms with Gasteiger partial charge in [0, 0.05) is 7.05 Å². The first-order chi connectivity index (χ1) is 11.2. The van der Waals surface area contributed by atoms with Crippen LogP contribution in [0.3, 0.4) is 0 Å². The third kappa shape index (κ3) is 4.33. The summed E-state index contributed by atoms with van der Waals surface area (Å²) in [6.45, 7) is 2.26. The lowest BCUT2D eigenvalue weighted by Gasteiger charge is -2.22. The summed E-state index contributed by atoms with van der Waals surface area (Å²) >= 11 is 0. The van der Waals surface area contributed by atoms with E-state index in [-0.39, 0.29) is 6.61 Å². The first kappa shape index (κ1) is 16.6. The number of benzene rings is 2. The summed E-state index contributed by atoms with van der Waals surface area (Å²) in [4.78, 5) is 13.5. The standard InChI is InChI=1S/C19H20N2O2/c1-3-15-9-11-17(12-10-15)18(13-20)21(2)19(22)23-14-16-7-5-4-6-8-16/h4-12,18H,3,14H2,1-2H3. The van der Waals surface area contributed by atoms with Gasteiger partial charge in [0.05, 0.1) is 6.07 Å². The smallest absolute Gasteiger partial charge is 0.411 e. The number of nitrogens with zero attached hydrogens (tertiary/aromatic N) is 2. The number of ether oxygens (including phenoxy) is 1. The second kappa shape index (κ2) is 8.00. The van der Waals surface area contributed by atoms with Crippen molar-refractivity contribution in [2.24, 2.45) is 0 Å². The van der Waals surface area contributed by atoms with Crippen molar-refractivity contribution in [3.05, 3.63) is 71.3 Å². The molecule has 1 atom stereocenters. The molecule has 4 heteroatoms. The average Bonchev–Trinajstić information content (AvgIpc) is 2.61. The fourth-order valence-corrected chi connectivity index (χ4v) is 2.25.